The molecule has 1 N–H and O–H groups in total. The number of halogens is 1. The first kappa shape index (κ1) is 17.1. The largest absolute Gasteiger partial charge is 0.321 e. The lowest BCUT2D eigenvalue weighted by Crippen LogP contribution is -2.16. The van der Waals surface area contributed by atoms with Crippen LogP contribution >= 0.6 is 11.6 Å². The maximum absolute atomic E-state index is 12.7. The maximum Gasteiger partial charge on any atom is 0.276 e. The summed E-state index contributed by atoms with van der Waals surface area (Å²) in [6.45, 7) is 0. The minimum atomic E-state index is -0.309. The van der Waals surface area contributed by atoms with Crippen LogP contribution in [0.2, 0.25) is 5.02 Å². The molecular weight excluding hydrogens is 360 g/mol. The van der Waals surface area contributed by atoms with Crippen molar-refractivity contribution in [1.82, 2.24) is 15.2 Å². The second-order valence-corrected chi connectivity index (χ2v) is 6.47. The third-order valence-corrected chi connectivity index (χ3v) is 4.45. The van der Waals surface area contributed by atoms with Gasteiger partial charge in [0, 0.05) is 40.3 Å². The molecule has 0 saturated carbocycles. The predicted molar refractivity (Wildman–Crippen MR) is 106 cm³/mol. The number of hydrogen-bond donors (Lipinski definition) is 1. The van der Waals surface area contributed by atoms with Gasteiger partial charge in [0.05, 0.1) is 5.69 Å². The lowest BCUT2D eigenvalue weighted by molar-refractivity contribution is 0.102. The van der Waals surface area contributed by atoms with Gasteiger partial charge in [-0.05, 0) is 42.0 Å². The molecule has 27 heavy (non-hydrogen) atoms. The van der Waals surface area contributed by atoms with Gasteiger partial charge in [0.2, 0.25) is 0 Å². The summed E-state index contributed by atoms with van der Waals surface area (Å²) in [4.78, 5) is 16.8. The van der Waals surface area contributed by atoms with Gasteiger partial charge in [0.15, 0.2) is 5.69 Å². The standard InChI is InChI=1S/C21H15ClN4O/c22-15-5-7-16(8-6-15)24-21(27)20-18-4-2-1-3-17(18)19(25-26-20)13-14-9-11-23-12-10-14/h1-12H,13H2,(H,24,27). The van der Waals surface area contributed by atoms with E-state index >= 15 is 0 Å². The number of rotatable bonds is 4. The molecule has 6 heteroatoms. The van der Waals surface area contributed by atoms with Crippen LogP contribution in [0.3, 0.4) is 0 Å². The van der Waals surface area contributed by atoms with E-state index in [0.29, 0.717) is 22.8 Å². The summed E-state index contributed by atoms with van der Waals surface area (Å²) in [6.07, 6.45) is 4.12. The van der Waals surface area contributed by atoms with E-state index in [-0.39, 0.29) is 5.91 Å². The van der Waals surface area contributed by atoms with Crippen molar-refractivity contribution < 1.29 is 4.79 Å². The molecule has 4 aromatic rings. The number of pyridine rings is 1. The highest BCUT2D eigenvalue weighted by Gasteiger charge is 2.16. The second-order valence-electron chi connectivity index (χ2n) is 6.03. The summed E-state index contributed by atoms with van der Waals surface area (Å²) < 4.78 is 0. The highest BCUT2D eigenvalue weighted by molar-refractivity contribution is 6.30. The lowest BCUT2D eigenvalue weighted by Gasteiger charge is -2.10. The van der Waals surface area contributed by atoms with Crippen molar-refractivity contribution in [2.75, 3.05) is 5.32 Å². The molecule has 4 rings (SSSR count). The number of amides is 1. The van der Waals surface area contributed by atoms with Crippen molar-refractivity contribution in [3.8, 4) is 0 Å². The van der Waals surface area contributed by atoms with E-state index in [0.717, 1.165) is 22.0 Å². The maximum atomic E-state index is 12.7. The molecule has 132 valence electrons. The molecule has 5 nitrogen and oxygen atoms in total. The normalized spacial score (nSPS) is 10.7. The van der Waals surface area contributed by atoms with E-state index in [4.69, 9.17) is 11.6 Å². The minimum absolute atomic E-state index is 0.291. The Kier molecular flexibility index (Phi) is 4.77. The first-order valence-corrected chi connectivity index (χ1v) is 8.78. The predicted octanol–water partition coefficient (Wildman–Crippen LogP) is 4.52. The molecule has 0 aliphatic heterocycles. The van der Waals surface area contributed by atoms with Gasteiger partial charge in [-0.3, -0.25) is 9.78 Å². The van der Waals surface area contributed by atoms with Crippen molar-refractivity contribution in [2.45, 2.75) is 6.42 Å². The Balaban J connectivity index is 1.69. The summed E-state index contributed by atoms with van der Waals surface area (Å²) in [7, 11) is 0. The van der Waals surface area contributed by atoms with Crippen LogP contribution in [-0.4, -0.2) is 21.1 Å². The minimum Gasteiger partial charge on any atom is -0.321 e. The third-order valence-electron chi connectivity index (χ3n) is 4.20. The number of benzene rings is 2. The molecule has 2 aromatic heterocycles. The zero-order valence-electron chi connectivity index (χ0n) is 14.3. The van der Waals surface area contributed by atoms with Crippen LogP contribution in [0.5, 0.6) is 0 Å². The van der Waals surface area contributed by atoms with Crippen molar-refractivity contribution in [1.29, 1.82) is 0 Å². The van der Waals surface area contributed by atoms with Gasteiger partial charge in [-0.2, -0.15) is 5.10 Å². The number of nitrogens with one attached hydrogen (secondary N) is 1. The topological polar surface area (TPSA) is 67.8 Å². The molecule has 0 spiro atoms. The summed E-state index contributed by atoms with van der Waals surface area (Å²) in [5, 5.41) is 13.7. The van der Waals surface area contributed by atoms with Crippen molar-refractivity contribution in [3.63, 3.8) is 0 Å². The third kappa shape index (κ3) is 3.78. The van der Waals surface area contributed by atoms with Crippen LogP contribution in [0.4, 0.5) is 5.69 Å². The molecule has 0 fully saturated rings. The van der Waals surface area contributed by atoms with Gasteiger partial charge in [-0.1, -0.05) is 35.9 Å². The fourth-order valence-corrected chi connectivity index (χ4v) is 3.00. The van der Waals surface area contributed by atoms with Crippen LogP contribution in [0, 0.1) is 0 Å². The Hall–Kier alpha value is -3.31. The van der Waals surface area contributed by atoms with Crippen LogP contribution in [0.25, 0.3) is 10.8 Å². The Labute approximate surface area is 161 Å². The van der Waals surface area contributed by atoms with Crippen molar-refractivity contribution >= 4 is 34.0 Å². The molecule has 0 saturated heterocycles. The average molecular weight is 375 g/mol. The van der Waals surface area contributed by atoms with E-state index in [2.05, 4.69) is 20.5 Å². The Morgan fingerprint density at radius 3 is 2.33 bits per heavy atom. The average Bonchev–Trinajstić information content (AvgIpc) is 2.71. The SMILES string of the molecule is O=C(Nc1ccc(Cl)cc1)c1nnc(Cc2ccncc2)c2ccccc12. The van der Waals surface area contributed by atoms with Crippen LogP contribution < -0.4 is 5.32 Å². The number of hydrogen-bond acceptors (Lipinski definition) is 4. The monoisotopic (exact) mass is 374 g/mol. The molecule has 0 aliphatic rings. The van der Waals surface area contributed by atoms with Crippen LogP contribution in [-0.2, 0) is 6.42 Å². The van der Waals surface area contributed by atoms with Gasteiger partial charge in [0.1, 0.15) is 0 Å². The molecule has 2 heterocycles. The molecule has 0 atom stereocenters. The zero-order valence-corrected chi connectivity index (χ0v) is 15.0. The van der Waals surface area contributed by atoms with E-state index in [9.17, 15) is 4.79 Å². The Morgan fingerprint density at radius 1 is 0.889 bits per heavy atom. The first-order chi connectivity index (χ1) is 13.2. The number of aromatic nitrogens is 3. The number of carbonyl (C=O) groups excluding carboxylic acids is 1. The van der Waals surface area contributed by atoms with Crippen LogP contribution in [0.1, 0.15) is 21.7 Å². The fraction of sp³-hybridized carbons (Fsp3) is 0.0476. The fourth-order valence-electron chi connectivity index (χ4n) is 2.88. The van der Waals surface area contributed by atoms with Gasteiger partial charge >= 0.3 is 0 Å². The van der Waals surface area contributed by atoms with E-state index in [1.807, 2.05) is 36.4 Å². The van der Waals surface area contributed by atoms with E-state index in [1.54, 1.807) is 36.7 Å². The Bertz CT molecular complexity index is 1100. The van der Waals surface area contributed by atoms with Gasteiger partial charge in [0.25, 0.3) is 5.91 Å². The summed E-state index contributed by atoms with van der Waals surface area (Å²) in [5.74, 6) is -0.309. The van der Waals surface area contributed by atoms with Crippen LogP contribution in [0.15, 0.2) is 73.1 Å². The molecule has 0 radical (unpaired) electrons. The highest BCUT2D eigenvalue weighted by Crippen LogP contribution is 2.22. The summed E-state index contributed by atoms with van der Waals surface area (Å²) >= 11 is 5.89. The quantitative estimate of drug-likeness (QED) is 0.570. The summed E-state index contributed by atoms with van der Waals surface area (Å²) in [5.41, 5.74) is 2.85. The van der Waals surface area contributed by atoms with Gasteiger partial charge < -0.3 is 5.32 Å². The van der Waals surface area contributed by atoms with E-state index < -0.39 is 0 Å². The highest BCUT2D eigenvalue weighted by atomic mass is 35.5. The lowest BCUT2D eigenvalue weighted by atomic mass is 10.0. The molecule has 2 aromatic carbocycles. The van der Waals surface area contributed by atoms with Crippen molar-refractivity contribution in [2.24, 2.45) is 0 Å². The number of anilines is 1. The zero-order chi connectivity index (χ0) is 18.6. The molecular formula is C21H15ClN4O. The van der Waals surface area contributed by atoms with E-state index in [1.165, 1.54) is 0 Å². The second kappa shape index (κ2) is 7.51. The first-order valence-electron chi connectivity index (χ1n) is 8.41. The molecule has 1 amide bonds. The van der Waals surface area contributed by atoms with Gasteiger partial charge in [-0.25, -0.2) is 0 Å². The smallest absolute Gasteiger partial charge is 0.276 e. The summed E-state index contributed by atoms with van der Waals surface area (Å²) in [6, 6.07) is 18.5. The van der Waals surface area contributed by atoms with Gasteiger partial charge in [-0.15, -0.1) is 5.10 Å². The Morgan fingerprint density at radius 2 is 1.59 bits per heavy atom. The number of fused-ring (bicyclic) bond motifs is 1. The molecule has 0 bridgehead atoms. The number of carbonyl (C=O) groups is 1. The molecule has 0 aliphatic carbocycles. The molecule has 0 unspecified atom stereocenters. The number of nitrogens with zero attached hydrogens (tertiary/aromatic N) is 3. The van der Waals surface area contributed by atoms with Crippen molar-refractivity contribution in [3.05, 3.63) is 95.0 Å².